The van der Waals surface area contributed by atoms with E-state index >= 15 is 0 Å². The zero-order valence-corrected chi connectivity index (χ0v) is 13.7. The van der Waals surface area contributed by atoms with Crippen LogP contribution in [0.25, 0.3) is 5.69 Å². The van der Waals surface area contributed by atoms with E-state index in [0.29, 0.717) is 18.5 Å². The molecule has 7 nitrogen and oxygen atoms in total. The first kappa shape index (κ1) is 15.2. The summed E-state index contributed by atoms with van der Waals surface area (Å²) in [6.07, 6.45) is 3.21. The van der Waals surface area contributed by atoms with Crippen molar-refractivity contribution in [3.8, 4) is 5.69 Å². The van der Waals surface area contributed by atoms with Crippen LogP contribution in [0.5, 0.6) is 0 Å². The van der Waals surface area contributed by atoms with Crippen molar-refractivity contribution >= 4 is 6.01 Å². The Morgan fingerprint density at radius 3 is 2.65 bits per heavy atom. The molecule has 0 aliphatic carbocycles. The molecule has 23 heavy (non-hydrogen) atoms. The molecule has 7 heteroatoms. The number of rotatable bonds is 4. The molecule has 120 valence electrons. The molecular formula is C16H20N6O. The van der Waals surface area contributed by atoms with Gasteiger partial charge in [-0.1, -0.05) is 38.0 Å². The number of aromatic nitrogens is 5. The van der Waals surface area contributed by atoms with Crippen LogP contribution < -0.4 is 5.32 Å². The molecule has 0 amide bonds. The van der Waals surface area contributed by atoms with E-state index in [-0.39, 0.29) is 5.41 Å². The molecule has 0 fully saturated rings. The molecule has 2 heterocycles. The van der Waals surface area contributed by atoms with Gasteiger partial charge < -0.3 is 9.73 Å². The summed E-state index contributed by atoms with van der Waals surface area (Å²) < 4.78 is 7.38. The molecular weight excluding hydrogens is 292 g/mol. The van der Waals surface area contributed by atoms with Gasteiger partial charge in [0.05, 0.1) is 5.69 Å². The first-order valence-electron chi connectivity index (χ1n) is 7.46. The topological polar surface area (TPSA) is 81.7 Å². The van der Waals surface area contributed by atoms with Crippen molar-refractivity contribution in [1.29, 1.82) is 0 Å². The predicted octanol–water partition coefficient (Wildman–Crippen LogP) is 2.87. The second-order valence-corrected chi connectivity index (χ2v) is 6.48. The number of hydrogen-bond donors (Lipinski definition) is 1. The van der Waals surface area contributed by atoms with E-state index in [1.54, 1.807) is 11.0 Å². The summed E-state index contributed by atoms with van der Waals surface area (Å²) in [6, 6.07) is 6.60. The van der Waals surface area contributed by atoms with Crippen LogP contribution in [-0.2, 0) is 12.0 Å². The molecule has 0 saturated carbocycles. The van der Waals surface area contributed by atoms with Gasteiger partial charge in [0.15, 0.2) is 0 Å². The summed E-state index contributed by atoms with van der Waals surface area (Å²) in [7, 11) is 0. The third-order valence-corrected chi connectivity index (χ3v) is 3.44. The molecule has 0 saturated heterocycles. The normalized spacial score (nSPS) is 11.7. The van der Waals surface area contributed by atoms with Crippen molar-refractivity contribution in [2.75, 3.05) is 5.32 Å². The third kappa shape index (κ3) is 3.39. The average molecular weight is 312 g/mol. The highest BCUT2D eigenvalue weighted by Crippen LogP contribution is 2.22. The number of anilines is 1. The maximum absolute atomic E-state index is 5.63. The zero-order valence-electron chi connectivity index (χ0n) is 13.7. The predicted molar refractivity (Wildman–Crippen MR) is 86.4 cm³/mol. The highest BCUT2D eigenvalue weighted by molar-refractivity contribution is 5.42. The number of hydrogen-bond acceptors (Lipinski definition) is 6. The minimum atomic E-state index is -0.150. The largest absolute Gasteiger partial charge is 0.408 e. The van der Waals surface area contributed by atoms with Gasteiger partial charge in [-0.25, -0.2) is 9.67 Å². The van der Waals surface area contributed by atoms with E-state index in [2.05, 4.69) is 31.7 Å². The van der Waals surface area contributed by atoms with Crippen molar-refractivity contribution < 1.29 is 4.42 Å². The maximum atomic E-state index is 5.63. The Morgan fingerprint density at radius 1 is 1.22 bits per heavy atom. The molecule has 0 bridgehead atoms. The lowest BCUT2D eigenvalue weighted by molar-refractivity contribution is 0.399. The van der Waals surface area contributed by atoms with Gasteiger partial charge in [0.25, 0.3) is 0 Å². The summed E-state index contributed by atoms with van der Waals surface area (Å²) in [5.74, 6) is 0.623. The summed E-state index contributed by atoms with van der Waals surface area (Å²) in [6.45, 7) is 8.78. The number of nitrogens with zero attached hydrogens (tertiary/aromatic N) is 5. The molecule has 1 N–H and O–H groups in total. The monoisotopic (exact) mass is 312 g/mol. The molecule has 2 aromatic heterocycles. The summed E-state index contributed by atoms with van der Waals surface area (Å²) >= 11 is 0. The molecule has 0 spiro atoms. The van der Waals surface area contributed by atoms with Gasteiger partial charge in [-0.2, -0.15) is 5.10 Å². The second kappa shape index (κ2) is 5.83. The number of nitrogens with one attached hydrogen (secondary N) is 1. The number of aryl methyl sites for hydroxylation is 1. The van der Waals surface area contributed by atoms with Crippen LogP contribution in [0.1, 0.15) is 37.8 Å². The van der Waals surface area contributed by atoms with Gasteiger partial charge in [-0.3, -0.25) is 0 Å². The lowest BCUT2D eigenvalue weighted by atomic mass is 9.97. The smallest absolute Gasteiger partial charge is 0.315 e. The fraction of sp³-hybridized carbons (Fsp3) is 0.375. The van der Waals surface area contributed by atoms with E-state index in [9.17, 15) is 0 Å². The quantitative estimate of drug-likeness (QED) is 0.797. The van der Waals surface area contributed by atoms with Gasteiger partial charge >= 0.3 is 6.01 Å². The lowest BCUT2D eigenvalue weighted by Crippen LogP contribution is -2.11. The Balaban J connectivity index is 1.69. The highest BCUT2D eigenvalue weighted by Gasteiger charge is 2.21. The van der Waals surface area contributed by atoms with Gasteiger partial charge in [0, 0.05) is 12.0 Å². The van der Waals surface area contributed by atoms with Crippen LogP contribution in [0, 0.1) is 6.92 Å². The van der Waals surface area contributed by atoms with Crippen LogP contribution in [0.4, 0.5) is 6.01 Å². The number of benzene rings is 1. The van der Waals surface area contributed by atoms with E-state index < -0.39 is 0 Å². The molecule has 1 aromatic carbocycles. The molecule has 3 rings (SSSR count). The Kier molecular flexibility index (Phi) is 3.85. The fourth-order valence-electron chi connectivity index (χ4n) is 2.19. The molecule has 0 radical (unpaired) electrons. The Hall–Kier alpha value is -2.70. The first-order chi connectivity index (χ1) is 10.9. The minimum Gasteiger partial charge on any atom is -0.408 e. The van der Waals surface area contributed by atoms with Crippen LogP contribution in [0.15, 0.2) is 35.3 Å². The molecule has 3 aromatic rings. The minimum absolute atomic E-state index is 0.150. The molecule has 0 aliphatic rings. The van der Waals surface area contributed by atoms with Crippen LogP contribution >= 0.6 is 0 Å². The zero-order chi connectivity index (χ0) is 16.4. The van der Waals surface area contributed by atoms with Gasteiger partial charge in [-0.15, -0.1) is 5.10 Å². The van der Waals surface area contributed by atoms with Crippen molar-refractivity contribution in [2.24, 2.45) is 0 Å². The van der Waals surface area contributed by atoms with Crippen LogP contribution in [0.2, 0.25) is 0 Å². The molecule has 0 unspecified atom stereocenters. The van der Waals surface area contributed by atoms with Gasteiger partial charge in [0.1, 0.15) is 12.7 Å². The van der Waals surface area contributed by atoms with Crippen molar-refractivity contribution in [2.45, 2.75) is 39.7 Å². The van der Waals surface area contributed by atoms with Gasteiger partial charge in [-0.05, 0) is 24.1 Å². The Labute approximate surface area is 134 Å². The van der Waals surface area contributed by atoms with E-state index in [0.717, 1.165) is 16.8 Å². The van der Waals surface area contributed by atoms with Crippen molar-refractivity contribution in [1.82, 2.24) is 25.0 Å². The van der Waals surface area contributed by atoms with Crippen LogP contribution in [-0.4, -0.2) is 25.0 Å². The van der Waals surface area contributed by atoms with E-state index in [4.69, 9.17) is 4.42 Å². The van der Waals surface area contributed by atoms with E-state index in [1.165, 1.54) is 6.33 Å². The summed E-state index contributed by atoms with van der Waals surface area (Å²) in [5, 5.41) is 15.4. The Morgan fingerprint density at radius 2 is 2.04 bits per heavy atom. The van der Waals surface area contributed by atoms with Crippen LogP contribution in [0.3, 0.4) is 0 Å². The highest BCUT2D eigenvalue weighted by atomic mass is 16.4. The third-order valence-electron chi connectivity index (χ3n) is 3.44. The van der Waals surface area contributed by atoms with E-state index in [1.807, 2.05) is 39.8 Å². The molecule has 0 aliphatic heterocycles. The fourth-order valence-corrected chi connectivity index (χ4v) is 2.19. The summed E-state index contributed by atoms with van der Waals surface area (Å²) in [5.41, 5.74) is 3.11. The second-order valence-electron chi connectivity index (χ2n) is 6.48. The standard InChI is InChI=1S/C16H20N6O/c1-11-7-12(5-6-13(11)22-10-17-9-19-22)8-18-15-21-20-14(23-15)16(2,3)4/h5-7,9-10H,8H2,1-4H3,(H,18,21). The lowest BCUT2D eigenvalue weighted by Gasteiger charge is -2.11. The average Bonchev–Trinajstić information content (AvgIpc) is 3.16. The summed E-state index contributed by atoms with van der Waals surface area (Å²) in [4.78, 5) is 3.97. The maximum Gasteiger partial charge on any atom is 0.315 e. The van der Waals surface area contributed by atoms with Crippen molar-refractivity contribution in [3.05, 3.63) is 47.9 Å². The first-order valence-corrected chi connectivity index (χ1v) is 7.46. The Bertz CT molecular complexity index is 785. The molecule has 0 atom stereocenters. The SMILES string of the molecule is Cc1cc(CNc2nnc(C(C)(C)C)o2)ccc1-n1cncn1. The van der Waals surface area contributed by atoms with Gasteiger partial charge in [0.2, 0.25) is 5.89 Å². The van der Waals surface area contributed by atoms with Crippen molar-refractivity contribution in [3.63, 3.8) is 0 Å².